The summed E-state index contributed by atoms with van der Waals surface area (Å²) < 4.78 is 5.52. The first-order chi connectivity index (χ1) is 6.22. The molecule has 1 saturated heterocycles. The maximum absolute atomic E-state index is 9.24. The van der Waals surface area contributed by atoms with E-state index in [4.69, 9.17) is 10.5 Å². The molecule has 1 aliphatic heterocycles. The number of ether oxygens (including phenoxy) is 1. The van der Waals surface area contributed by atoms with Crippen molar-refractivity contribution in [3.05, 3.63) is 0 Å². The molecule has 78 valence electrons. The molecule has 0 saturated carbocycles. The second-order valence-corrected chi connectivity index (χ2v) is 3.69. The average Bonchev–Trinajstić information content (AvgIpc) is 2.28. The molecule has 0 amide bonds. The molecule has 1 aliphatic rings. The lowest BCUT2D eigenvalue weighted by Gasteiger charge is -2.23. The molecular formula is C9H20N2O2. The van der Waals surface area contributed by atoms with Crippen LogP contribution in [-0.4, -0.2) is 55.0 Å². The Morgan fingerprint density at radius 2 is 2.46 bits per heavy atom. The minimum atomic E-state index is -0.267. The minimum Gasteiger partial charge on any atom is -0.392 e. The summed E-state index contributed by atoms with van der Waals surface area (Å²) in [7, 11) is 0. The predicted octanol–water partition coefficient (Wildman–Crippen LogP) is -0.583. The quantitative estimate of drug-likeness (QED) is 0.622. The Hall–Kier alpha value is -0.160. The van der Waals surface area contributed by atoms with E-state index in [2.05, 4.69) is 4.90 Å². The second kappa shape index (κ2) is 5.54. The number of rotatable bonds is 3. The Bertz CT molecular complexity index is 142. The predicted molar refractivity (Wildman–Crippen MR) is 51.5 cm³/mol. The van der Waals surface area contributed by atoms with E-state index >= 15 is 0 Å². The van der Waals surface area contributed by atoms with E-state index in [0.717, 1.165) is 32.7 Å². The Labute approximate surface area is 79.7 Å². The van der Waals surface area contributed by atoms with E-state index in [1.165, 1.54) is 0 Å². The summed E-state index contributed by atoms with van der Waals surface area (Å²) in [5.74, 6) is 0. The smallest absolute Gasteiger partial charge is 0.0823 e. The van der Waals surface area contributed by atoms with Crippen molar-refractivity contribution in [2.45, 2.75) is 25.6 Å². The number of aliphatic hydroxyl groups excluding tert-OH is 1. The highest BCUT2D eigenvalue weighted by atomic mass is 16.5. The van der Waals surface area contributed by atoms with Gasteiger partial charge in [-0.25, -0.2) is 0 Å². The third-order valence-corrected chi connectivity index (χ3v) is 2.22. The number of aliphatic hydroxyl groups is 1. The lowest BCUT2D eigenvalue weighted by molar-refractivity contribution is 0.0524. The molecule has 1 heterocycles. The van der Waals surface area contributed by atoms with Gasteiger partial charge in [-0.1, -0.05) is 0 Å². The SMILES string of the molecule is C[C@@H](O)CN1CCCOC(CN)C1. The zero-order valence-corrected chi connectivity index (χ0v) is 8.28. The first-order valence-corrected chi connectivity index (χ1v) is 4.94. The van der Waals surface area contributed by atoms with Gasteiger partial charge in [0.15, 0.2) is 0 Å². The van der Waals surface area contributed by atoms with Gasteiger partial charge in [0.25, 0.3) is 0 Å². The Kier molecular flexibility index (Phi) is 4.66. The molecule has 0 aromatic heterocycles. The van der Waals surface area contributed by atoms with Crippen LogP contribution < -0.4 is 5.73 Å². The highest BCUT2D eigenvalue weighted by Gasteiger charge is 2.17. The van der Waals surface area contributed by atoms with Crippen LogP contribution in [0.3, 0.4) is 0 Å². The third-order valence-electron chi connectivity index (χ3n) is 2.22. The molecular weight excluding hydrogens is 168 g/mol. The summed E-state index contributed by atoms with van der Waals surface area (Å²) in [5, 5.41) is 9.24. The minimum absolute atomic E-state index is 0.140. The summed E-state index contributed by atoms with van der Waals surface area (Å²) in [6.45, 7) is 5.74. The van der Waals surface area contributed by atoms with E-state index in [0.29, 0.717) is 6.54 Å². The van der Waals surface area contributed by atoms with Crippen LogP contribution in [0.2, 0.25) is 0 Å². The molecule has 4 nitrogen and oxygen atoms in total. The van der Waals surface area contributed by atoms with Gasteiger partial charge in [0.2, 0.25) is 0 Å². The summed E-state index contributed by atoms with van der Waals surface area (Å²) in [6, 6.07) is 0. The van der Waals surface area contributed by atoms with Gasteiger partial charge in [0, 0.05) is 32.8 Å². The first kappa shape index (κ1) is 10.9. The fourth-order valence-electron chi connectivity index (χ4n) is 1.65. The lowest BCUT2D eigenvalue weighted by Crippen LogP contribution is -2.39. The lowest BCUT2D eigenvalue weighted by atomic mass is 10.3. The highest BCUT2D eigenvalue weighted by molar-refractivity contribution is 4.71. The van der Waals surface area contributed by atoms with Crippen LogP contribution in [0, 0.1) is 0 Å². The van der Waals surface area contributed by atoms with E-state index < -0.39 is 0 Å². The van der Waals surface area contributed by atoms with Gasteiger partial charge in [-0.15, -0.1) is 0 Å². The zero-order valence-electron chi connectivity index (χ0n) is 8.28. The van der Waals surface area contributed by atoms with Gasteiger partial charge in [0.05, 0.1) is 12.2 Å². The number of hydrogen-bond donors (Lipinski definition) is 2. The Morgan fingerprint density at radius 1 is 1.69 bits per heavy atom. The topological polar surface area (TPSA) is 58.7 Å². The molecule has 1 rings (SSSR count). The monoisotopic (exact) mass is 188 g/mol. The number of nitrogens with two attached hydrogens (primary N) is 1. The highest BCUT2D eigenvalue weighted by Crippen LogP contribution is 2.05. The number of hydrogen-bond acceptors (Lipinski definition) is 4. The molecule has 3 N–H and O–H groups in total. The van der Waals surface area contributed by atoms with Gasteiger partial charge in [0.1, 0.15) is 0 Å². The maximum atomic E-state index is 9.24. The van der Waals surface area contributed by atoms with Gasteiger partial charge in [-0.3, -0.25) is 4.90 Å². The Balaban J connectivity index is 2.35. The number of nitrogens with zero attached hydrogens (tertiary/aromatic N) is 1. The van der Waals surface area contributed by atoms with Crippen molar-refractivity contribution >= 4 is 0 Å². The molecule has 0 aromatic carbocycles. The molecule has 1 unspecified atom stereocenters. The van der Waals surface area contributed by atoms with Gasteiger partial charge >= 0.3 is 0 Å². The van der Waals surface area contributed by atoms with Crippen LogP contribution in [0.15, 0.2) is 0 Å². The van der Waals surface area contributed by atoms with Crippen LogP contribution >= 0.6 is 0 Å². The summed E-state index contributed by atoms with van der Waals surface area (Å²) in [5.41, 5.74) is 5.55. The van der Waals surface area contributed by atoms with Crippen molar-refractivity contribution in [2.24, 2.45) is 5.73 Å². The molecule has 2 atom stereocenters. The summed E-state index contributed by atoms with van der Waals surface area (Å²) in [6.07, 6.45) is 0.904. The molecule has 0 bridgehead atoms. The maximum Gasteiger partial charge on any atom is 0.0823 e. The molecule has 0 spiro atoms. The fourth-order valence-corrected chi connectivity index (χ4v) is 1.65. The normalized spacial score (nSPS) is 28.4. The summed E-state index contributed by atoms with van der Waals surface area (Å²) >= 11 is 0. The van der Waals surface area contributed by atoms with Crippen LogP contribution in [-0.2, 0) is 4.74 Å². The molecule has 0 radical (unpaired) electrons. The van der Waals surface area contributed by atoms with Crippen molar-refractivity contribution in [1.29, 1.82) is 0 Å². The van der Waals surface area contributed by atoms with Crippen molar-refractivity contribution < 1.29 is 9.84 Å². The molecule has 0 aliphatic carbocycles. The van der Waals surface area contributed by atoms with E-state index in [-0.39, 0.29) is 12.2 Å². The largest absolute Gasteiger partial charge is 0.392 e. The second-order valence-electron chi connectivity index (χ2n) is 3.69. The zero-order chi connectivity index (χ0) is 9.68. The van der Waals surface area contributed by atoms with Crippen molar-refractivity contribution in [1.82, 2.24) is 4.90 Å². The first-order valence-electron chi connectivity index (χ1n) is 4.94. The number of β-amino-alcohol motifs (C(OH)–C–C–N with tert-alkyl or cyclic N) is 1. The van der Waals surface area contributed by atoms with Crippen LogP contribution in [0.4, 0.5) is 0 Å². The van der Waals surface area contributed by atoms with Crippen molar-refractivity contribution in [2.75, 3.05) is 32.8 Å². The van der Waals surface area contributed by atoms with E-state index in [1.54, 1.807) is 0 Å². The molecule has 4 heteroatoms. The molecule has 0 aromatic rings. The van der Waals surface area contributed by atoms with Gasteiger partial charge < -0.3 is 15.6 Å². The average molecular weight is 188 g/mol. The van der Waals surface area contributed by atoms with Crippen LogP contribution in [0.25, 0.3) is 0 Å². The van der Waals surface area contributed by atoms with Crippen LogP contribution in [0.1, 0.15) is 13.3 Å². The van der Waals surface area contributed by atoms with Gasteiger partial charge in [-0.2, -0.15) is 0 Å². The summed E-state index contributed by atoms with van der Waals surface area (Å²) in [4.78, 5) is 2.22. The van der Waals surface area contributed by atoms with Crippen molar-refractivity contribution in [3.8, 4) is 0 Å². The van der Waals surface area contributed by atoms with Gasteiger partial charge in [-0.05, 0) is 13.3 Å². The standard InChI is InChI=1S/C9H20N2O2/c1-8(12)6-11-3-2-4-13-9(5-10)7-11/h8-9,12H,2-7,10H2,1H3/t8-,9?/m1/s1. The van der Waals surface area contributed by atoms with E-state index in [9.17, 15) is 5.11 Å². The fraction of sp³-hybridized carbons (Fsp3) is 1.00. The van der Waals surface area contributed by atoms with E-state index in [1.807, 2.05) is 6.92 Å². The molecule has 1 fully saturated rings. The molecule has 13 heavy (non-hydrogen) atoms. The Morgan fingerprint density at radius 3 is 3.08 bits per heavy atom. The third kappa shape index (κ3) is 4.04. The van der Waals surface area contributed by atoms with Crippen LogP contribution in [0.5, 0.6) is 0 Å². The van der Waals surface area contributed by atoms with Crippen molar-refractivity contribution in [3.63, 3.8) is 0 Å².